The summed E-state index contributed by atoms with van der Waals surface area (Å²) in [5.41, 5.74) is 7.28. The Hall–Kier alpha value is -2.99. The first-order valence-corrected chi connectivity index (χ1v) is 10.4. The molecule has 148 valence electrons. The van der Waals surface area contributed by atoms with Gasteiger partial charge in [0.05, 0.1) is 11.5 Å². The SMILES string of the molecule is C=C1Nc2cc([C@@](C)(C#N)C[C@@H]3CCc4cc(C)ccc4O3)ccc2C=C1CC. The Morgan fingerprint density at radius 2 is 2.10 bits per heavy atom. The van der Waals surface area contributed by atoms with Gasteiger partial charge >= 0.3 is 0 Å². The summed E-state index contributed by atoms with van der Waals surface area (Å²) in [4.78, 5) is 0. The van der Waals surface area contributed by atoms with Gasteiger partial charge in [-0.15, -0.1) is 0 Å². The van der Waals surface area contributed by atoms with E-state index in [1.807, 2.05) is 6.92 Å². The van der Waals surface area contributed by atoms with Crippen LogP contribution in [0.25, 0.3) is 6.08 Å². The molecule has 0 fully saturated rings. The minimum absolute atomic E-state index is 0.0420. The maximum atomic E-state index is 10.1. The van der Waals surface area contributed by atoms with E-state index < -0.39 is 5.41 Å². The van der Waals surface area contributed by atoms with E-state index in [9.17, 15) is 5.26 Å². The molecule has 2 aromatic carbocycles. The summed E-state index contributed by atoms with van der Waals surface area (Å²) >= 11 is 0. The summed E-state index contributed by atoms with van der Waals surface area (Å²) in [6, 6.07) is 15.2. The van der Waals surface area contributed by atoms with Gasteiger partial charge in [0.2, 0.25) is 0 Å². The predicted octanol–water partition coefficient (Wildman–Crippen LogP) is 6.29. The van der Waals surface area contributed by atoms with E-state index in [1.54, 1.807) is 0 Å². The molecule has 2 heterocycles. The normalized spacial score (nSPS) is 19.6. The topological polar surface area (TPSA) is 45.0 Å². The predicted molar refractivity (Wildman–Crippen MR) is 119 cm³/mol. The maximum Gasteiger partial charge on any atom is 0.122 e. The number of benzene rings is 2. The van der Waals surface area contributed by atoms with Crippen LogP contribution in [0.1, 0.15) is 55.4 Å². The summed E-state index contributed by atoms with van der Waals surface area (Å²) in [6.45, 7) is 10.4. The Morgan fingerprint density at radius 1 is 1.28 bits per heavy atom. The van der Waals surface area contributed by atoms with Crippen molar-refractivity contribution in [3.63, 3.8) is 0 Å². The highest BCUT2D eigenvalue weighted by Gasteiger charge is 2.33. The van der Waals surface area contributed by atoms with Crippen molar-refractivity contribution in [3.8, 4) is 11.8 Å². The Kier molecular flexibility index (Phi) is 4.96. The summed E-state index contributed by atoms with van der Waals surface area (Å²) in [5, 5.41) is 13.5. The van der Waals surface area contributed by atoms with Crippen molar-refractivity contribution in [3.05, 3.63) is 76.5 Å². The van der Waals surface area contributed by atoms with Crippen LogP contribution < -0.4 is 10.1 Å². The first-order valence-electron chi connectivity index (χ1n) is 10.4. The van der Waals surface area contributed by atoms with Gasteiger partial charge in [0, 0.05) is 17.8 Å². The largest absolute Gasteiger partial charge is 0.490 e. The van der Waals surface area contributed by atoms with Crippen molar-refractivity contribution in [1.82, 2.24) is 0 Å². The van der Waals surface area contributed by atoms with Gasteiger partial charge in [0.15, 0.2) is 0 Å². The van der Waals surface area contributed by atoms with E-state index in [4.69, 9.17) is 4.74 Å². The summed E-state index contributed by atoms with van der Waals surface area (Å²) in [6.07, 6.45) is 5.79. The number of allylic oxidation sites excluding steroid dienone is 1. The van der Waals surface area contributed by atoms with Crippen LogP contribution in [0.5, 0.6) is 5.75 Å². The standard InChI is InChI=1S/C26H28N2O/c1-5-19-13-20-7-9-22(14-24(20)28-18(19)3)26(4,16-27)15-23-10-8-21-12-17(2)6-11-25(21)29-23/h6-7,9,11-14,23,28H,3,5,8,10,15H2,1-2,4H3/t23-,26+/m0/s1. The van der Waals surface area contributed by atoms with Crippen LogP contribution in [0.2, 0.25) is 0 Å². The van der Waals surface area contributed by atoms with Gasteiger partial charge in [-0.1, -0.05) is 43.3 Å². The molecule has 3 heteroatoms. The van der Waals surface area contributed by atoms with Gasteiger partial charge < -0.3 is 10.1 Å². The molecule has 0 radical (unpaired) electrons. The molecular formula is C26H28N2O. The second-order valence-corrected chi connectivity index (χ2v) is 8.47. The number of nitriles is 1. The number of hydrogen-bond acceptors (Lipinski definition) is 3. The molecule has 4 rings (SSSR count). The highest BCUT2D eigenvalue weighted by molar-refractivity contribution is 5.78. The molecule has 0 aromatic heterocycles. The second kappa shape index (κ2) is 7.44. The number of hydrogen-bond donors (Lipinski definition) is 1. The monoisotopic (exact) mass is 384 g/mol. The van der Waals surface area contributed by atoms with E-state index in [-0.39, 0.29) is 6.10 Å². The Morgan fingerprint density at radius 3 is 2.86 bits per heavy atom. The quantitative estimate of drug-likeness (QED) is 0.673. The third kappa shape index (κ3) is 3.68. The lowest BCUT2D eigenvalue weighted by Gasteiger charge is -2.32. The number of fused-ring (bicyclic) bond motifs is 2. The minimum atomic E-state index is -0.611. The van der Waals surface area contributed by atoms with E-state index in [0.29, 0.717) is 6.42 Å². The van der Waals surface area contributed by atoms with Crippen molar-refractivity contribution in [2.75, 3.05) is 5.32 Å². The summed E-state index contributed by atoms with van der Waals surface area (Å²) in [5.74, 6) is 0.966. The van der Waals surface area contributed by atoms with Crippen molar-refractivity contribution in [2.24, 2.45) is 0 Å². The van der Waals surface area contributed by atoms with Crippen molar-refractivity contribution < 1.29 is 4.74 Å². The van der Waals surface area contributed by atoms with Crippen LogP contribution in [-0.4, -0.2) is 6.10 Å². The average molecular weight is 385 g/mol. The zero-order valence-electron chi connectivity index (χ0n) is 17.5. The smallest absolute Gasteiger partial charge is 0.122 e. The number of rotatable bonds is 4. The molecule has 2 atom stereocenters. The molecule has 3 nitrogen and oxygen atoms in total. The molecule has 0 amide bonds. The lowest BCUT2D eigenvalue weighted by atomic mass is 9.77. The molecule has 0 aliphatic carbocycles. The van der Waals surface area contributed by atoms with Crippen LogP contribution in [0, 0.1) is 18.3 Å². The first-order chi connectivity index (χ1) is 13.9. The third-order valence-corrected chi connectivity index (χ3v) is 6.20. The van der Waals surface area contributed by atoms with Gasteiger partial charge in [-0.2, -0.15) is 5.26 Å². The fourth-order valence-electron chi connectivity index (χ4n) is 4.37. The first kappa shape index (κ1) is 19.3. The molecule has 0 bridgehead atoms. The van der Waals surface area contributed by atoms with E-state index in [1.165, 1.54) is 16.7 Å². The van der Waals surface area contributed by atoms with Crippen LogP contribution in [0.3, 0.4) is 0 Å². The molecule has 0 saturated heterocycles. The zero-order valence-corrected chi connectivity index (χ0v) is 17.5. The van der Waals surface area contributed by atoms with Gasteiger partial charge in [-0.25, -0.2) is 0 Å². The van der Waals surface area contributed by atoms with Crippen molar-refractivity contribution in [1.29, 1.82) is 5.26 Å². The fourth-order valence-corrected chi connectivity index (χ4v) is 4.37. The Labute approximate surface area is 173 Å². The van der Waals surface area contributed by atoms with Gasteiger partial charge in [0.25, 0.3) is 0 Å². The highest BCUT2D eigenvalue weighted by Crippen LogP contribution is 2.38. The molecule has 0 unspecified atom stereocenters. The zero-order chi connectivity index (χ0) is 20.6. The van der Waals surface area contributed by atoms with Gasteiger partial charge in [-0.05, 0) is 73.6 Å². The molecular weight excluding hydrogens is 356 g/mol. The van der Waals surface area contributed by atoms with Crippen LogP contribution in [0.4, 0.5) is 5.69 Å². The lowest BCUT2D eigenvalue weighted by molar-refractivity contribution is 0.146. The molecule has 2 aliphatic rings. The maximum absolute atomic E-state index is 10.1. The molecule has 1 N–H and O–H groups in total. The number of anilines is 1. The third-order valence-electron chi connectivity index (χ3n) is 6.20. The fraction of sp³-hybridized carbons (Fsp3) is 0.346. The second-order valence-electron chi connectivity index (χ2n) is 8.47. The van der Waals surface area contributed by atoms with Crippen molar-refractivity contribution in [2.45, 2.75) is 58.0 Å². The molecule has 0 spiro atoms. The lowest BCUT2D eigenvalue weighted by Crippen LogP contribution is -2.32. The number of nitrogens with zero attached hydrogens (tertiary/aromatic N) is 1. The number of ether oxygens (including phenoxy) is 1. The van der Waals surface area contributed by atoms with E-state index >= 15 is 0 Å². The highest BCUT2D eigenvalue weighted by atomic mass is 16.5. The molecule has 29 heavy (non-hydrogen) atoms. The van der Waals surface area contributed by atoms with Crippen LogP contribution >= 0.6 is 0 Å². The minimum Gasteiger partial charge on any atom is -0.490 e. The van der Waals surface area contributed by atoms with E-state index in [2.05, 4.69) is 74.3 Å². The molecule has 2 aliphatic heterocycles. The average Bonchev–Trinajstić information content (AvgIpc) is 2.72. The Bertz CT molecular complexity index is 1040. The summed E-state index contributed by atoms with van der Waals surface area (Å²) < 4.78 is 6.27. The van der Waals surface area contributed by atoms with Crippen LogP contribution in [-0.2, 0) is 11.8 Å². The Balaban J connectivity index is 1.58. The molecule has 0 saturated carbocycles. The van der Waals surface area contributed by atoms with Crippen molar-refractivity contribution >= 4 is 11.8 Å². The van der Waals surface area contributed by atoms with Crippen LogP contribution in [0.15, 0.2) is 54.2 Å². The summed E-state index contributed by atoms with van der Waals surface area (Å²) in [7, 11) is 0. The number of nitrogens with one attached hydrogen (secondary N) is 1. The van der Waals surface area contributed by atoms with Gasteiger partial charge in [0.1, 0.15) is 11.9 Å². The molecule has 2 aromatic rings. The number of aryl methyl sites for hydroxylation is 2. The van der Waals surface area contributed by atoms with E-state index in [0.717, 1.165) is 47.5 Å². The van der Waals surface area contributed by atoms with Gasteiger partial charge in [-0.3, -0.25) is 0 Å².